The van der Waals surface area contributed by atoms with Crippen LogP contribution >= 0.6 is 24.8 Å². The van der Waals surface area contributed by atoms with E-state index in [1.165, 1.54) is 16.8 Å². The molecule has 170 valence electrons. The van der Waals surface area contributed by atoms with E-state index < -0.39 is 0 Å². The molecule has 0 amide bonds. The minimum Gasteiger partial charge on any atom is -0.493 e. The van der Waals surface area contributed by atoms with Crippen molar-refractivity contribution in [3.8, 4) is 5.75 Å². The van der Waals surface area contributed by atoms with E-state index in [0.29, 0.717) is 6.54 Å². The first kappa shape index (κ1) is 25.1. The number of guanidine groups is 1. The van der Waals surface area contributed by atoms with Gasteiger partial charge in [0.15, 0.2) is 5.96 Å². The van der Waals surface area contributed by atoms with Crippen LogP contribution in [0.1, 0.15) is 36.6 Å². The SMILES string of the molecule is Cc1cc(N2CCC(C)(COc3ccc4c(c3)CN(C(=N)N)CC4)CC2)ccn1.Cl.Cl. The van der Waals surface area contributed by atoms with E-state index >= 15 is 0 Å². The predicted molar refractivity (Wildman–Crippen MR) is 131 cm³/mol. The van der Waals surface area contributed by atoms with Crippen molar-refractivity contribution >= 4 is 36.5 Å². The van der Waals surface area contributed by atoms with Gasteiger partial charge in [-0.25, -0.2) is 0 Å². The molecule has 0 aliphatic carbocycles. The maximum Gasteiger partial charge on any atom is 0.188 e. The average Bonchev–Trinajstić information content (AvgIpc) is 2.72. The fourth-order valence-electron chi connectivity index (χ4n) is 4.26. The predicted octanol–water partition coefficient (Wildman–Crippen LogP) is 4.17. The van der Waals surface area contributed by atoms with E-state index in [1.54, 1.807) is 0 Å². The lowest BCUT2D eigenvalue weighted by molar-refractivity contribution is 0.131. The van der Waals surface area contributed by atoms with E-state index in [2.05, 4.69) is 47.1 Å². The third-order valence-corrected chi connectivity index (χ3v) is 6.33. The van der Waals surface area contributed by atoms with Gasteiger partial charge in [0.05, 0.1) is 6.61 Å². The van der Waals surface area contributed by atoms with Gasteiger partial charge in [0.1, 0.15) is 5.75 Å². The summed E-state index contributed by atoms with van der Waals surface area (Å²) in [4.78, 5) is 8.66. The van der Waals surface area contributed by atoms with E-state index in [1.807, 2.05) is 18.0 Å². The molecule has 1 aromatic carbocycles. The highest BCUT2D eigenvalue weighted by Gasteiger charge is 2.31. The Balaban J connectivity index is 0.00000171. The molecule has 8 heteroatoms. The zero-order valence-electron chi connectivity index (χ0n) is 18.3. The van der Waals surface area contributed by atoms with Crippen molar-refractivity contribution in [1.29, 1.82) is 5.41 Å². The van der Waals surface area contributed by atoms with E-state index in [9.17, 15) is 0 Å². The summed E-state index contributed by atoms with van der Waals surface area (Å²) in [6.07, 6.45) is 5.04. The van der Waals surface area contributed by atoms with Gasteiger partial charge in [-0.15, -0.1) is 24.8 Å². The van der Waals surface area contributed by atoms with Crippen molar-refractivity contribution in [2.75, 3.05) is 31.1 Å². The molecule has 2 aromatic rings. The summed E-state index contributed by atoms with van der Waals surface area (Å²) in [6.45, 7) is 8.69. The first-order valence-corrected chi connectivity index (χ1v) is 10.4. The highest BCUT2D eigenvalue weighted by atomic mass is 35.5. The molecule has 1 aromatic heterocycles. The minimum absolute atomic E-state index is 0. The zero-order chi connectivity index (χ0) is 20.4. The van der Waals surface area contributed by atoms with Crippen LogP contribution in [-0.2, 0) is 13.0 Å². The van der Waals surface area contributed by atoms with E-state index in [4.69, 9.17) is 15.9 Å². The van der Waals surface area contributed by atoms with Crippen molar-refractivity contribution in [2.45, 2.75) is 39.7 Å². The number of nitrogens with zero attached hydrogens (tertiary/aromatic N) is 3. The number of aryl methyl sites for hydroxylation is 1. The molecule has 0 spiro atoms. The molecule has 2 aliphatic rings. The second-order valence-electron chi connectivity index (χ2n) is 8.73. The molecule has 31 heavy (non-hydrogen) atoms. The van der Waals surface area contributed by atoms with Crippen molar-refractivity contribution in [2.24, 2.45) is 11.1 Å². The van der Waals surface area contributed by atoms with Gasteiger partial charge in [-0.2, -0.15) is 0 Å². The Bertz CT molecular complexity index is 899. The summed E-state index contributed by atoms with van der Waals surface area (Å²) < 4.78 is 6.24. The standard InChI is InChI=1S/C23H31N5O.2ClH/c1-17-13-20(5-9-26-17)27-11-7-23(2,8-12-27)16-29-21-4-3-18-6-10-28(22(24)25)15-19(18)14-21;;/h3-5,9,13-14H,6-8,10-12,15-16H2,1-2H3,(H3,24,25);2*1H. The fraction of sp³-hybridized carbons (Fsp3) is 0.478. The lowest BCUT2D eigenvalue weighted by Crippen LogP contribution is -2.41. The van der Waals surface area contributed by atoms with Crippen LogP contribution < -0.4 is 15.4 Å². The average molecular weight is 466 g/mol. The quantitative estimate of drug-likeness (QED) is 0.523. The number of hydrogen-bond acceptors (Lipinski definition) is 4. The number of aromatic nitrogens is 1. The van der Waals surface area contributed by atoms with Crippen molar-refractivity contribution in [3.05, 3.63) is 53.3 Å². The number of pyridine rings is 1. The first-order valence-electron chi connectivity index (χ1n) is 10.4. The smallest absolute Gasteiger partial charge is 0.188 e. The second-order valence-corrected chi connectivity index (χ2v) is 8.73. The van der Waals surface area contributed by atoms with Crippen molar-refractivity contribution < 1.29 is 4.74 Å². The third kappa shape index (κ3) is 5.95. The number of nitrogens with two attached hydrogens (primary N) is 1. The molecule has 0 bridgehead atoms. The minimum atomic E-state index is 0. The van der Waals surface area contributed by atoms with Gasteiger partial charge in [0, 0.05) is 49.2 Å². The molecule has 2 aliphatic heterocycles. The molecule has 0 saturated carbocycles. The molecule has 3 N–H and O–H groups in total. The number of anilines is 1. The zero-order valence-corrected chi connectivity index (χ0v) is 19.9. The van der Waals surface area contributed by atoms with Crippen LogP contribution in [0.3, 0.4) is 0 Å². The Hall–Kier alpha value is -2.18. The van der Waals surface area contributed by atoms with Gasteiger partial charge in [-0.3, -0.25) is 10.4 Å². The number of nitrogens with one attached hydrogen (secondary N) is 1. The Morgan fingerprint density at radius 2 is 1.87 bits per heavy atom. The van der Waals surface area contributed by atoms with Gasteiger partial charge in [0.2, 0.25) is 0 Å². The summed E-state index contributed by atoms with van der Waals surface area (Å²) in [5, 5.41) is 7.68. The summed E-state index contributed by atoms with van der Waals surface area (Å²) in [5.74, 6) is 1.06. The van der Waals surface area contributed by atoms with E-state index in [-0.39, 0.29) is 36.2 Å². The number of piperidine rings is 1. The first-order chi connectivity index (χ1) is 13.9. The van der Waals surface area contributed by atoms with Gasteiger partial charge < -0.3 is 20.3 Å². The molecule has 0 unspecified atom stereocenters. The molecule has 1 saturated heterocycles. The summed E-state index contributed by atoms with van der Waals surface area (Å²) in [7, 11) is 0. The maximum atomic E-state index is 7.68. The van der Waals surface area contributed by atoms with Gasteiger partial charge in [-0.05, 0) is 61.6 Å². The summed E-state index contributed by atoms with van der Waals surface area (Å²) >= 11 is 0. The summed E-state index contributed by atoms with van der Waals surface area (Å²) in [6, 6.07) is 10.6. The molecule has 0 radical (unpaired) electrons. The van der Waals surface area contributed by atoms with Crippen LogP contribution in [-0.4, -0.2) is 42.1 Å². The van der Waals surface area contributed by atoms with Crippen LogP contribution in [0.25, 0.3) is 0 Å². The topological polar surface area (TPSA) is 78.5 Å². The van der Waals surface area contributed by atoms with Crippen LogP contribution in [0, 0.1) is 17.7 Å². The Morgan fingerprint density at radius 3 is 2.55 bits per heavy atom. The highest BCUT2D eigenvalue weighted by molar-refractivity contribution is 5.85. The van der Waals surface area contributed by atoms with Crippen molar-refractivity contribution in [3.63, 3.8) is 0 Å². The number of benzene rings is 1. The number of ether oxygens (including phenoxy) is 1. The second kappa shape index (κ2) is 10.4. The molecule has 3 heterocycles. The van der Waals surface area contributed by atoms with Gasteiger partial charge >= 0.3 is 0 Å². The monoisotopic (exact) mass is 465 g/mol. The lowest BCUT2D eigenvalue weighted by atomic mass is 9.81. The van der Waals surface area contributed by atoms with Gasteiger partial charge in [-0.1, -0.05) is 13.0 Å². The Labute approximate surface area is 197 Å². The van der Waals surface area contributed by atoms with Crippen LogP contribution in [0.15, 0.2) is 36.5 Å². The molecule has 0 atom stereocenters. The number of fused-ring (bicyclic) bond motifs is 1. The fourth-order valence-corrected chi connectivity index (χ4v) is 4.26. The number of halogens is 2. The largest absolute Gasteiger partial charge is 0.493 e. The molecule has 6 nitrogen and oxygen atoms in total. The lowest BCUT2D eigenvalue weighted by Gasteiger charge is -2.40. The van der Waals surface area contributed by atoms with Crippen LogP contribution in [0.4, 0.5) is 5.69 Å². The summed E-state index contributed by atoms with van der Waals surface area (Å²) in [5.41, 5.74) is 10.7. The van der Waals surface area contributed by atoms with Crippen molar-refractivity contribution in [1.82, 2.24) is 9.88 Å². The number of hydrogen-bond donors (Lipinski definition) is 2. The Kier molecular flexibility index (Phi) is 8.43. The third-order valence-electron chi connectivity index (χ3n) is 6.33. The molecular formula is C23H33Cl2N5O. The molecule has 1 fully saturated rings. The normalized spacial score (nSPS) is 17.1. The van der Waals surface area contributed by atoms with Crippen LogP contribution in [0.5, 0.6) is 5.75 Å². The Morgan fingerprint density at radius 1 is 1.13 bits per heavy atom. The highest BCUT2D eigenvalue weighted by Crippen LogP contribution is 2.34. The van der Waals surface area contributed by atoms with Crippen LogP contribution in [0.2, 0.25) is 0 Å². The van der Waals surface area contributed by atoms with Gasteiger partial charge in [0.25, 0.3) is 0 Å². The van der Waals surface area contributed by atoms with E-state index in [0.717, 1.165) is 56.9 Å². The molecular weight excluding hydrogens is 433 g/mol. The molecule has 4 rings (SSSR count). The maximum absolute atomic E-state index is 7.68. The number of rotatable bonds is 4.